The summed E-state index contributed by atoms with van der Waals surface area (Å²) in [7, 11) is 0. The molecule has 0 fully saturated rings. The zero-order valence-corrected chi connectivity index (χ0v) is 11.5. The van der Waals surface area contributed by atoms with Crippen LogP contribution in [0.3, 0.4) is 0 Å². The van der Waals surface area contributed by atoms with Gasteiger partial charge in [0.1, 0.15) is 0 Å². The van der Waals surface area contributed by atoms with Crippen molar-refractivity contribution in [1.29, 1.82) is 0 Å². The summed E-state index contributed by atoms with van der Waals surface area (Å²) in [6.45, 7) is 6.25. The zero-order valence-electron chi connectivity index (χ0n) is 11.5. The van der Waals surface area contributed by atoms with E-state index in [1.807, 2.05) is 42.6 Å². The van der Waals surface area contributed by atoms with E-state index in [1.165, 1.54) is 0 Å². The smallest absolute Gasteiger partial charge is 0.340 e. The van der Waals surface area contributed by atoms with E-state index in [0.717, 1.165) is 16.8 Å². The van der Waals surface area contributed by atoms with Gasteiger partial charge in [-0.2, -0.15) is 0 Å². The summed E-state index contributed by atoms with van der Waals surface area (Å²) in [5.74, 6) is -0.0812. The van der Waals surface area contributed by atoms with E-state index in [2.05, 4.69) is 0 Å². The van der Waals surface area contributed by atoms with Crippen LogP contribution < -0.4 is 0 Å². The molecule has 19 heavy (non-hydrogen) atoms. The molecule has 0 aliphatic carbocycles. The first-order chi connectivity index (χ1) is 9.08. The second-order valence-electron chi connectivity index (χ2n) is 4.81. The van der Waals surface area contributed by atoms with Crippen LogP contribution in [0.15, 0.2) is 24.4 Å². The lowest BCUT2D eigenvalue weighted by Gasteiger charge is -2.10. The van der Waals surface area contributed by atoms with Gasteiger partial charge in [-0.3, -0.25) is 0 Å². The van der Waals surface area contributed by atoms with Crippen LogP contribution in [0, 0.1) is 0 Å². The van der Waals surface area contributed by atoms with Gasteiger partial charge in [-0.1, -0.05) is 13.8 Å². The van der Waals surface area contributed by atoms with Gasteiger partial charge in [-0.05, 0) is 36.6 Å². The number of hydrogen-bond acceptors (Lipinski definition) is 3. The van der Waals surface area contributed by atoms with Crippen LogP contribution in [0.4, 0.5) is 0 Å². The summed E-state index contributed by atoms with van der Waals surface area (Å²) < 4.78 is 7.09. The maximum absolute atomic E-state index is 12.0. The number of fused-ring (bicyclic) bond motifs is 1. The number of aliphatic hydroxyl groups excluding tert-OH is 1. The molecule has 0 bridgehead atoms. The number of aliphatic hydroxyl groups is 1. The largest absolute Gasteiger partial charge is 0.462 e. The number of ether oxygens (including phenoxy) is 1. The van der Waals surface area contributed by atoms with Crippen molar-refractivity contribution in [2.45, 2.75) is 33.3 Å². The lowest BCUT2D eigenvalue weighted by atomic mass is 10.1. The molecule has 4 nitrogen and oxygen atoms in total. The SMILES string of the molecule is CCOC(=O)c1cc2cc(CO)ccn2c1C(C)C. The van der Waals surface area contributed by atoms with Crippen LogP contribution in [0.25, 0.3) is 5.52 Å². The van der Waals surface area contributed by atoms with Gasteiger partial charge >= 0.3 is 5.97 Å². The minimum atomic E-state index is -0.291. The predicted molar refractivity (Wildman–Crippen MR) is 73.4 cm³/mol. The molecule has 0 aromatic carbocycles. The van der Waals surface area contributed by atoms with Gasteiger partial charge < -0.3 is 14.2 Å². The van der Waals surface area contributed by atoms with Gasteiger partial charge in [0.2, 0.25) is 0 Å². The van der Waals surface area contributed by atoms with E-state index >= 15 is 0 Å². The highest BCUT2D eigenvalue weighted by Gasteiger charge is 2.20. The summed E-state index contributed by atoms with van der Waals surface area (Å²) in [6.07, 6.45) is 1.89. The van der Waals surface area contributed by atoms with E-state index in [-0.39, 0.29) is 18.5 Å². The third-order valence-corrected chi connectivity index (χ3v) is 3.10. The summed E-state index contributed by atoms with van der Waals surface area (Å²) in [5.41, 5.74) is 3.28. The van der Waals surface area contributed by atoms with Crippen molar-refractivity contribution in [1.82, 2.24) is 4.40 Å². The van der Waals surface area contributed by atoms with Crippen LogP contribution in [0.2, 0.25) is 0 Å². The molecule has 0 saturated heterocycles. The van der Waals surface area contributed by atoms with E-state index < -0.39 is 0 Å². The summed E-state index contributed by atoms with van der Waals surface area (Å²) >= 11 is 0. The Morgan fingerprint density at radius 1 is 1.42 bits per heavy atom. The van der Waals surface area contributed by atoms with E-state index in [4.69, 9.17) is 4.74 Å². The molecular formula is C15H19NO3. The number of carbonyl (C=O) groups is 1. The molecule has 102 valence electrons. The molecule has 0 aliphatic rings. The Hall–Kier alpha value is -1.81. The van der Waals surface area contributed by atoms with Gasteiger partial charge in [0.15, 0.2) is 0 Å². The van der Waals surface area contributed by atoms with Crippen LogP contribution >= 0.6 is 0 Å². The second-order valence-corrected chi connectivity index (χ2v) is 4.81. The average molecular weight is 261 g/mol. The predicted octanol–water partition coefficient (Wildman–Crippen LogP) is 2.73. The minimum Gasteiger partial charge on any atom is -0.462 e. The molecule has 2 heterocycles. The Morgan fingerprint density at radius 3 is 2.74 bits per heavy atom. The van der Waals surface area contributed by atoms with Gasteiger partial charge in [-0.25, -0.2) is 4.79 Å². The number of pyridine rings is 1. The Bertz CT molecular complexity index is 599. The van der Waals surface area contributed by atoms with Crippen LogP contribution in [-0.2, 0) is 11.3 Å². The molecule has 2 aromatic rings. The highest BCUT2D eigenvalue weighted by molar-refractivity contribution is 5.93. The highest BCUT2D eigenvalue weighted by atomic mass is 16.5. The third kappa shape index (κ3) is 2.49. The molecule has 1 N–H and O–H groups in total. The molecule has 0 amide bonds. The zero-order chi connectivity index (χ0) is 14.0. The molecule has 0 unspecified atom stereocenters. The maximum Gasteiger partial charge on any atom is 0.340 e. The van der Waals surface area contributed by atoms with E-state index in [9.17, 15) is 9.90 Å². The Labute approximate surface area is 112 Å². The van der Waals surface area contributed by atoms with Crippen LogP contribution in [-0.4, -0.2) is 22.1 Å². The van der Waals surface area contributed by atoms with Gasteiger partial charge in [0.25, 0.3) is 0 Å². The number of esters is 1. The summed E-state index contributed by atoms with van der Waals surface area (Å²) in [5, 5.41) is 9.17. The average Bonchev–Trinajstić information content (AvgIpc) is 2.77. The van der Waals surface area contributed by atoms with Crippen molar-refractivity contribution < 1.29 is 14.6 Å². The minimum absolute atomic E-state index is 0.00652. The molecule has 0 radical (unpaired) electrons. The van der Waals surface area contributed by atoms with Crippen LogP contribution in [0.1, 0.15) is 48.3 Å². The van der Waals surface area contributed by atoms with Crippen LogP contribution in [0.5, 0.6) is 0 Å². The molecule has 0 saturated carbocycles. The van der Waals surface area contributed by atoms with Crippen molar-refractivity contribution in [2.24, 2.45) is 0 Å². The maximum atomic E-state index is 12.0. The number of nitrogens with zero attached hydrogens (tertiary/aromatic N) is 1. The van der Waals surface area contributed by atoms with Gasteiger partial charge in [-0.15, -0.1) is 0 Å². The molecule has 2 rings (SSSR count). The molecule has 2 aromatic heterocycles. The fraction of sp³-hybridized carbons (Fsp3) is 0.400. The van der Waals surface area contributed by atoms with E-state index in [0.29, 0.717) is 12.2 Å². The fourth-order valence-corrected chi connectivity index (χ4v) is 2.31. The highest BCUT2D eigenvalue weighted by Crippen LogP contribution is 2.25. The molecule has 0 aliphatic heterocycles. The molecule has 0 spiro atoms. The number of rotatable bonds is 4. The molecule has 4 heteroatoms. The number of aromatic nitrogens is 1. The fourth-order valence-electron chi connectivity index (χ4n) is 2.31. The van der Waals surface area contributed by atoms with Crippen molar-refractivity contribution >= 4 is 11.5 Å². The van der Waals surface area contributed by atoms with Gasteiger partial charge in [0, 0.05) is 17.4 Å². The first-order valence-electron chi connectivity index (χ1n) is 6.50. The quantitative estimate of drug-likeness (QED) is 0.861. The Morgan fingerprint density at radius 2 is 2.16 bits per heavy atom. The van der Waals surface area contributed by atoms with Gasteiger partial charge in [0.05, 0.1) is 18.8 Å². The lowest BCUT2D eigenvalue weighted by Crippen LogP contribution is -2.08. The molecular weight excluding hydrogens is 242 g/mol. The number of carbonyl (C=O) groups excluding carboxylic acids is 1. The van der Waals surface area contributed by atoms with E-state index in [1.54, 1.807) is 6.92 Å². The number of hydrogen-bond donors (Lipinski definition) is 1. The normalized spacial score (nSPS) is 11.2. The molecule has 0 atom stereocenters. The van der Waals surface area contributed by atoms with Crippen molar-refractivity contribution in [2.75, 3.05) is 6.61 Å². The Kier molecular flexibility index (Phi) is 3.90. The summed E-state index contributed by atoms with van der Waals surface area (Å²) in [6, 6.07) is 5.56. The lowest BCUT2D eigenvalue weighted by molar-refractivity contribution is 0.0524. The van der Waals surface area contributed by atoms with Crippen molar-refractivity contribution in [3.63, 3.8) is 0 Å². The summed E-state index contributed by atoms with van der Waals surface area (Å²) in [4.78, 5) is 12.0. The Balaban J connectivity index is 2.62. The monoisotopic (exact) mass is 261 g/mol. The first kappa shape index (κ1) is 13.6. The second kappa shape index (κ2) is 5.45. The topological polar surface area (TPSA) is 50.9 Å². The first-order valence-corrected chi connectivity index (χ1v) is 6.50. The standard InChI is InChI=1S/C15H19NO3/c1-4-19-15(18)13-8-12-7-11(9-17)5-6-16(12)14(13)10(2)3/h5-8,10,17H,4,9H2,1-3H3. The third-order valence-electron chi connectivity index (χ3n) is 3.10. The van der Waals surface area contributed by atoms with Crippen molar-refractivity contribution in [3.8, 4) is 0 Å². The van der Waals surface area contributed by atoms with Crippen molar-refractivity contribution in [3.05, 3.63) is 41.2 Å².